The topological polar surface area (TPSA) is 49.9 Å². The van der Waals surface area contributed by atoms with Crippen LogP contribution in [-0.2, 0) is 22.4 Å². The minimum Gasteiger partial charge on any atom is -0.497 e. The van der Waals surface area contributed by atoms with Gasteiger partial charge in [0.2, 0.25) is 11.8 Å². The number of aryl methyl sites for hydroxylation is 2. The van der Waals surface area contributed by atoms with E-state index in [1.54, 1.807) is 7.11 Å². The standard InChI is InChI=1S/C23H28N2O3/c1-18-6-8-20(9-7-18)17-23(27)25-14-12-24(13-15-25)22(26)11-10-19-4-3-5-21(16-19)28-2/h3-9,16H,10-15,17H2,1-2H3. The Morgan fingerprint density at radius 2 is 1.54 bits per heavy atom. The zero-order valence-corrected chi connectivity index (χ0v) is 16.7. The molecule has 5 nitrogen and oxygen atoms in total. The Hall–Kier alpha value is -2.82. The highest BCUT2D eigenvalue weighted by Gasteiger charge is 2.23. The number of hydrogen-bond donors (Lipinski definition) is 0. The second kappa shape index (κ2) is 9.40. The van der Waals surface area contributed by atoms with Crippen molar-refractivity contribution >= 4 is 11.8 Å². The number of benzene rings is 2. The monoisotopic (exact) mass is 380 g/mol. The van der Waals surface area contributed by atoms with Crippen molar-refractivity contribution < 1.29 is 14.3 Å². The quantitative estimate of drug-likeness (QED) is 0.774. The fourth-order valence-corrected chi connectivity index (χ4v) is 3.43. The third-order valence-electron chi connectivity index (χ3n) is 5.22. The number of nitrogens with zero attached hydrogens (tertiary/aromatic N) is 2. The van der Waals surface area contributed by atoms with E-state index in [4.69, 9.17) is 4.74 Å². The summed E-state index contributed by atoms with van der Waals surface area (Å²) < 4.78 is 5.23. The number of rotatable bonds is 6. The van der Waals surface area contributed by atoms with Gasteiger partial charge in [0.05, 0.1) is 13.5 Å². The molecule has 0 N–H and O–H groups in total. The van der Waals surface area contributed by atoms with Gasteiger partial charge in [-0.15, -0.1) is 0 Å². The average Bonchev–Trinajstić information content (AvgIpc) is 2.74. The van der Waals surface area contributed by atoms with Gasteiger partial charge in [-0.3, -0.25) is 9.59 Å². The van der Waals surface area contributed by atoms with Crippen LogP contribution in [0.1, 0.15) is 23.1 Å². The molecule has 1 fully saturated rings. The van der Waals surface area contributed by atoms with Gasteiger partial charge < -0.3 is 14.5 Å². The molecule has 148 valence electrons. The van der Waals surface area contributed by atoms with Crippen molar-refractivity contribution in [1.82, 2.24) is 9.80 Å². The minimum absolute atomic E-state index is 0.132. The van der Waals surface area contributed by atoms with E-state index in [0.717, 1.165) is 16.9 Å². The van der Waals surface area contributed by atoms with Crippen molar-refractivity contribution in [1.29, 1.82) is 0 Å². The van der Waals surface area contributed by atoms with E-state index in [-0.39, 0.29) is 11.8 Å². The molecule has 1 aliphatic rings. The lowest BCUT2D eigenvalue weighted by Crippen LogP contribution is -2.51. The molecule has 28 heavy (non-hydrogen) atoms. The third-order valence-corrected chi connectivity index (χ3v) is 5.22. The van der Waals surface area contributed by atoms with Crippen LogP contribution in [0.4, 0.5) is 0 Å². The fourth-order valence-electron chi connectivity index (χ4n) is 3.43. The van der Waals surface area contributed by atoms with E-state index >= 15 is 0 Å². The normalized spacial score (nSPS) is 14.1. The van der Waals surface area contributed by atoms with E-state index in [0.29, 0.717) is 45.4 Å². The largest absolute Gasteiger partial charge is 0.497 e. The number of ether oxygens (including phenoxy) is 1. The molecule has 3 rings (SSSR count). The molecule has 0 atom stereocenters. The minimum atomic E-state index is 0.132. The molecule has 2 aromatic rings. The van der Waals surface area contributed by atoms with Crippen LogP contribution in [0, 0.1) is 6.92 Å². The van der Waals surface area contributed by atoms with Crippen LogP contribution in [0.15, 0.2) is 48.5 Å². The maximum atomic E-state index is 12.5. The summed E-state index contributed by atoms with van der Waals surface area (Å²) >= 11 is 0. The number of hydrogen-bond acceptors (Lipinski definition) is 3. The van der Waals surface area contributed by atoms with Gasteiger partial charge in [0.25, 0.3) is 0 Å². The lowest BCUT2D eigenvalue weighted by Gasteiger charge is -2.35. The van der Waals surface area contributed by atoms with Gasteiger partial charge in [-0.1, -0.05) is 42.0 Å². The Morgan fingerprint density at radius 1 is 0.893 bits per heavy atom. The molecule has 1 saturated heterocycles. The van der Waals surface area contributed by atoms with Crippen LogP contribution in [0.5, 0.6) is 5.75 Å². The summed E-state index contributed by atoms with van der Waals surface area (Å²) in [6.45, 7) is 4.47. The number of carbonyl (C=O) groups is 2. The average molecular weight is 380 g/mol. The molecule has 0 saturated carbocycles. The summed E-state index contributed by atoms with van der Waals surface area (Å²) in [6.07, 6.45) is 1.59. The Balaban J connectivity index is 1.44. The van der Waals surface area contributed by atoms with Crippen LogP contribution in [0.25, 0.3) is 0 Å². The Bertz CT molecular complexity index is 809. The summed E-state index contributed by atoms with van der Waals surface area (Å²) in [5.74, 6) is 1.09. The molecule has 0 radical (unpaired) electrons. The molecule has 2 aromatic carbocycles. The first-order valence-electron chi connectivity index (χ1n) is 9.79. The van der Waals surface area contributed by atoms with Gasteiger partial charge in [-0.2, -0.15) is 0 Å². The van der Waals surface area contributed by atoms with Crippen molar-refractivity contribution in [3.63, 3.8) is 0 Å². The predicted octanol–water partition coefficient (Wildman–Crippen LogP) is 2.85. The number of amides is 2. The second-order valence-electron chi connectivity index (χ2n) is 7.28. The van der Waals surface area contributed by atoms with Crippen molar-refractivity contribution in [2.24, 2.45) is 0 Å². The first kappa shape index (κ1) is 19.9. The smallest absolute Gasteiger partial charge is 0.227 e. The van der Waals surface area contributed by atoms with Crippen LogP contribution < -0.4 is 4.74 Å². The lowest BCUT2D eigenvalue weighted by atomic mass is 10.1. The first-order valence-corrected chi connectivity index (χ1v) is 9.79. The highest BCUT2D eigenvalue weighted by Crippen LogP contribution is 2.15. The summed E-state index contributed by atoms with van der Waals surface area (Å²) in [4.78, 5) is 28.8. The molecule has 0 aromatic heterocycles. The van der Waals surface area contributed by atoms with Crippen molar-refractivity contribution in [3.8, 4) is 5.75 Å². The maximum absolute atomic E-state index is 12.5. The van der Waals surface area contributed by atoms with E-state index in [9.17, 15) is 9.59 Å². The van der Waals surface area contributed by atoms with Crippen molar-refractivity contribution in [3.05, 3.63) is 65.2 Å². The van der Waals surface area contributed by atoms with E-state index in [1.165, 1.54) is 5.56 Å². The summed E-state index contributed by atoms with van der Waals surface area (Å²) in [5, 5.41) is 0. The number of methoxy groups -OCH3 is 1. The molecule has 0 bridgehead atoms. The summed E-state index contributed by atoms with van der Waals surface area (Å²) in [5.41, 5.74) is 3.32. The Morgan fingerprint density at radius 3 is 2.18 bits per heavy atom. The molecule has 1 aliphatic heterocycles. The van der Waals surface area contributed by atoms with Gasteiger partial charge in [0.15, 0.2) is 0 Å². The SMILES string of the molecule is COc1cccc(CCC(=O)N2CCN(C(=O)Cc3ccc(C)cc3)CC2)c1. The maximum Gasteiger partial charge on any atom is 0.227 e. The van der Waals surface area contributed by atoms with Gasteiger partial charge in [0.1, 0.15) is 5.75 Å². The fraction of sp³-hybridized carbons (Fsp3) is 0.391. The van der Waals surface area contributed by atoms with E-state index in [2.05, 4.69) is 0 Å². The number of piperazine rings is 1. The van der Waals surface area contributed by atoms with Crippen molar-refractivity contribution in [2.75, 3.05) is 33.3 Å². The molecule has 0 spiro atoms. The molecule has 1 heterocycles. The van der Waals surface area contributed by atoms with Gasteiger partial charge >= 0.3 is 0 Å². The van der Waals surface area contributed by atoms with Crippen LogP contribution in [0.2, 0.25) is 0 Å². The Labute approximate surface area is 166 Å². The molecule has 0 unspecified atom stereocenters. The molecule has 0 aliphatic carbocycles. The van der Waals surface area contributed by atoms with Gasteiger partial charge in [-0.25, -0.2) is 0 Å². The van der Waals surface area contributed by atoms with E-state index < -0.39 is 0 Å². The van der Waals surface area contributed by atoms with Gasteiger partial charge in [0, 0.05) is 32.6 Å². The second-order valence-corrected chi connectivity index (χ2v) is 7.28. The molecule has 2 amide bonds. The van der Waals surface area contributed by atoms with E-state index in [1.807, 2.05) is 65.3 Å². The summed E-state index contributed by atoms with van der Waals surface area (Å²) in [7, 11) is 1.64. The third kappa shape index (κ3) is 5.35. The first-order chi connectivity index (χ1) is 13.5. The Kier molecular flexibility index (Phi) is 6.69. The van der Waals surface area contributed by atoms with Gasteiger partial charge in [-0.05, 0) is 36.6 Å². The molecule has 5 heteroatoms. The van der Waals surface area contributed by atoms with Crippen LogP contribution >= 0.6 is 0 Å². The molecular weight excluding hydrogens is 352 g/mol. The summed E-state index contributed by atoms with van der Waals surface area (Å²) in [6, 6.07) is 15.9. The zero-order chi connectivity index (χ0) is 19.9. The zero-order valence-electron chi connectivity index (χ0n) is 16.7. The lowest BCUT2D eigenvalue weighted by molar-refractivity contribution is -0.139. The predicted molar refractivity (Wildman–Crippen MR) is 109 cm³/mol. The highest BCUT2D eigenvalue weighted by molar-refractivity contribution is 5.80. The highest BCUT2D eigenvalue weighted by atomic mass is 16.5. The molecular formula is C23H28N2O3. The van der Waals surface area contributed by atoms with Crippen LogP contribution in [0.3, 0.4) is 0 Å². The van der Waals surface area contributed by atoms with Crippen LogP contribution in [-0.4, -0.2) is 54.9 Å². The number of carbonyl (C=O) groups excluding carboxylic acids is 2. The van der Waals surface area contributed by atoms with Crippen molar-refractivity contribution in [2.45, 2.75) is 26.2 Å².